The molecule has 1 aromatic rings. The van der Waals surface area contributed by atoms with Crippen LogP contribution in [0, 0.1) is 0 Å². The van der Waals surface area contributed by atoms with E-state index < -0.39 is 80.0 Å². The van der Waals surface area contributed by atoms with Crippen LogP contribution in [0.2, 0.25) is 5.02 Å². The maximum atomic E-state index is 14.2. The minimum absolute atomic E-state index is 0.258. The molecule has 1 aliphatic rings. The van der Waals surface area contributed by atoms with Crippen LogP contribution in [0.5, 0.6) is 0 Å². The second-order valence-electron chi connectivity index (χ2n) is 8.13. The molecule has 0 aliphatic carbocycles. The number of carbonyl (C=O) groups excluding carboxylic acids is 1. The van der Waals surface area contributed by atoms with Crippen LogP contribution >= 0.6 is 11.6 Å². The normalized spacial score (nSPS) is 17.2. The Morgan fingerprint density at radius 1 is 0.641 bits per heavy atom. The van der Waals surface area contributed by atoms with Gasteiger partial charge in [-0.1, -0.05) is 11.6 Å². The number of rotatable bonds is 9. The lowest BCUT2D eigenvalue weighted by atomic mass is 9.89. The molecule has 1 amide bonds. The first-order valence-electron chi connectivity index (χ1n) is 10.0. The lowest BCUT2D eigenvalue weighted by Crippen LogP contribution is -2.75. The summed E-state index contributed by atoms with van der Waals surface area (Å²) >= 11 is 5.67. The molecule has 1 fully saturated rings. The predicted molar refractivity (Wildman–Crippen MR) is 101 cm³/mol. The number of carbonyl (C=O) groups is 1. The van der Waals surface area contributed by atoms with E-state index in [-0.39, 0.29) is 9.92 Å². The zero-order valence-corrected chi connectivity index (χ0v) is 19.2. The Balaban J connectivity index is 2.37. The third-order valence-corrected chi connectivity index (χ3v) is 5.94. The van der Waals surface area contributed by atoms with Crippen LogP contribution in [0.25, 0.3) is 0 Å². The van der Waals surface area contributed by atoms with Gasteiger partial charge in [0.2, 0.25) is 0 Å². The van der Waals surface area contributed by atoms with E-state index in [1.165, 1.54) is 29.2 Å². The van der Waals surface area contributed by atoms with Crippen LogP contribution in [-0.2, 0) is 4.79 Å². The van der Waals surface area contributed by atoms with Gasteiger partial charge in [-0.2, -0.15) is 61.5 Å². The first kappa shape index (κ1) is 32.9. The Bertz CT molecular complexity index is 1040. The largest absolute Gasteiger partial charge is 0.392 e. The molecule has 0 aromatic heterocycles. The second kappa shape index (κ2) is 9.94. The molecule has 0 atom stereocenters. The van der Waals surface area contributed by atoms with E-state index in [9.17, 15) is 75.0 Å². The van der Waals surface area contributed by atoms with Gasteiger partial charge in [0.05, 0.1) is 0 Å². The van der Waals surface area contributed by atoms with E-state index in [0.717, 1.165) is 0 Å². The second-order valence-corrected chi connectivity index (χ2v) is 8.56. The minimum atomic E-state index is -8.54. The molecule has 1 aliphatic heterocycles. The summed E-state index contributed by atoms with van der Waals surface area (Å²) in [6, 6.07) is 5.50. The summed E-state index contributed by atoms with van der Waals surface area (Å²) in [5.74, 6) is -59.4. The Hall–Kier alpha value is -2.34. The van der Waals surface area contributed by atoms with Crippen molar-refractivity contribution < 1.29 is 75.0 Å². The van der Waals surface area contributed by atoms with Crippen molar-refractivity contribution in [2.45, 2.75) is 47.9 Å². The topological polar surface area (TPSA) is 23.6 Å². The van der Waals surface area contributed by atoms with Crippen LogP contribution in [0.3, 0.4) is 0 Å². The van der Waals surface area contributed by atoms with Crippen LogP contribution in [0.4, 0.5) is 75.9 Å². The monoisotopic (exact) mass is 624 g/mol. The molecule has 3 nitrogen and oxygen atoms in total. The molecular weight excluding hydrogens is 612 g/mol. The zero-order valence-electron chi connectivity index (χ0n) is 18.4. The molecule has 0 spiro atoms. The van der Waals surface area contributed by atoms with Crippen molar-refractivity contribution in [2.75, 3.05) is 31.1 Å². The highest BCUT2D eigenvalue weighted by molar-refractivity contribution is 6.30. The van der Waals surface area contributed by atoms with Gasteiger partial charge in [0.15, 0.2) is 0 Å². The zero-order chi connectivity index (χ0) is 30.6. The van der Waals surface area contributed by atoms with Gasteiger partial charge in [0, 0.05) is 36.9 Å². The number of amides is 1. The van der Waals surface area contributed by atoms with Crippen molar-refractivity contribution in [1.82, 2.24) is 4.90 Å². The molecular formula is C19H13ClF16N2O. The van der Waals surface area contributed by atoms with Crippen LogP contribution in [0.1, 0.15) is 0 Å². The van der Waals surface area contributed by atoms with Gasteiger partial charge < -0.3 is 9.80 Å². The summed E-state index contributed by atoms with van der Waals surface area (Å²) in [6.45, 7) is -2.81. The predicted octanol–water partition coefficient (Wildman–Crippen LogP) is 6.70. The average Bonchev–Trinajstić information content (AvgIpc) is 2.83. The van der Waals surface area contributed by atoms with E-state index in [2.05, 4.69) is 0 Å². The third-order valence-electron chi connectivity index (χ3n) is 5.69. The lowest BCUT2D eigenvalue weighted by molar-refractivity contribution is -0.444. The molecule has 0 N–H and O–H groups in total. The number of nitrogens with zero attached hydrogens (tertiary/aromatic N) is 2. The highest BCUT2D eigenvalue weighted by Gasteiger charge is 2.94. The number of halogens is 17. The molecule has 0 radical (unpaired) electrons. The van der Waals surface area contributed by atoms with Crippen LogP contribution < -0.4 is 4.90 Å². The average molecular weight is 625 g/mol. The summed E-state index contributed by atoms with van der Waals surface area (Å²) in [7, 11) is 0. The van der Waals surface area contributed by atoms with Gasteiger partial charge in [-0.05, 0) is 24.3 Å². The smallest absolute Gasteiger partial charge is 0.368 e. The first-order valence-corrected chi connectivity index (χ1v) is 10.4. The van der Waals surface area contributed by atoms with Gasteiger partial charge in [0.25, 0.3) is 5.91 Å². The van der Waals surface area contributed by atoms with E-state index in [1.54, 1.807) is 0 Å². The first-order chi connectivity index (χ1) is 17.3. The van der Waals surface area contributed by atoms with Crippen molar-refractivity contribution in [2.24, 2.45) is 0 Å². The number of piperazine rings is 1. The fraction of sp³-hybridized carbons (Fsp3) is 0.632. The van der Waals surface area contributed by atoms with Gasteiger partial charge in [-0.25, -0.2) is 8.78 Å². The Kier molecular flexibility index (Phi) is 8.37. The fourth-order valence-corrected chi connectivity index (χ4v) is 3.41. The van der Waals surface area contributed by atoms with Crippen molar-refractivity contribution in [3.8, 4) is 0 Å². The number of hydrogen-bond donors (Lipinski definition) is 0. The molecule has 1 saturated heterocycles. The maximum Gasteiger partial charge on any atom is 0.392 e. The van der Waals surface area contributed by atoms with Gasteiger partial charge in [-0.3, -0.25) is 4.79 Å². The number of benzene rings is 1. The third kappa shape index (κ3) is 4.81. The van der Waals surface area contributed by atoms with Crippen LogP contribution in [0.15, 0.2) is 24.3 Å². The molecule has 0 bridgehead atoms. The van der Waals surface area contributed by atoms with E-state index in [0.29, 0.717) is 5.69 Å². The molecule has 1 heterocycles. The highest BCUT2D eigenvalue weighted by atomic mass is 35.5. The van der Waals surface area contributed by atoms with Gasteiger partial charge in [-0.15, -0.1) is 0 Å². The Morgan fingerprint density at radius 2 is 1.03 bits per heavy atom. The van der Waals surface area contributed by atoms with Crippen LogP contribution in [-0.4, -0.2) is 84.9 Å². The highest BCUT2D eigenvalue weighted by Crippen LogP contribution is 2.62. The molecule has 0 unspecified atom stereocenters. The van der Waals surface area contributed by atoms with Gasteiger partial charge in [0.1, 0.15) is 0 Å². The number of hydrogen-bond acceptors (Lipinski definition) is 2. The standard InChI is InChI=1S/C19H13ClF16N2O/c20-9-1-3-10(4-2-9)37-5-7-38(8-6-37)12(39)14(25,26)16(29,30)18(33,34)19(35,36)17(31,32)15(27,28)13(23,24)11(21)22/h1-4,11H,5-8H2. The lowest BCUT2D eigenvalue weighted by Gasteiger charge is -2.43. The Labute approximate surface area is 212 Å². The molecule has 39 heavy (non-hydrogen) atoms. The molecule has 0 saturated carbocycles. The van der Waals surface area contributed by atoms with E-state index in [1.807, 2.05) is 0 Å². The fourth-order valence-electron chi connectivity index (χ4n) is 3.29. The molecule has 2 rings (SSSR count). The summed E-state index contributed by atoms with van der Waals surface area (Å²) in [5.41, 5.74) is 0.346. The number of anilines is 1. The van der Waals surface area contributed by atoms with Gasteiger partial charge >= 0.3 is 47.9 Å². The number of alkyl halides is 16. The van der Waals surface area contributed by atoms with Crippen molar-refractivity contribution in [3.63, 3.8) is 0 Å². The minimum Gasteiger partial charge on any atom is -0.368 e. The van der Waals surface area contributed by atoms with Crippen molar-refractivity contribution in [1.29, 1.82) is 0 Å². The van der Waals surface area contributed by atoms with Crippen molar-refractivity contribution >= 4 is 23.2 Å². The van der Waals surface area contributed by atoms with E-state index in [4.69, 9.17) is 11.6 Å². The molecule has 224 valence electrons. The molecule has 1 aromatic carbocycles. The Morgan fingerprint density at radius 3 is 1.44 bits per heavy atom. The molecule has 20 heteroatoms. The summed E-state index contributed by atoms with van der Waals surface area (Å²) in [4.78, 5) is 13.0. The SMILES string of the molecule is O=C(N1CCN(c2ccc(Cl)cc2)CC1)C(F)(F)C(F)(F)C(F)(F)C(F)(F)C(F)(F)C(F)(F)C(F)(F)C(F)F. The quantitative estimate of drug-likeness (QED) is 0.286. The van der Waals surface area contributed by atoms with E-state index >= 15 is 0 Å². The van der Waals surface area contributed by atoms with Crippen molar-refractivity contribution in [3.05, 3.63) is 29.3 Å². The summed E-state index contributed by atoms with van der Waals surface area (Å²) in [5, 5.41) is 0.258. The summed E-state index contributed by atoms with van der Waals surface area (Å²) < 4.78 is 215. The maximum absolute atomic E-state index is 14.2. The summed E-state index contributed by atoms with van der Waals surface area (Å²) in [6.07, 6.45) is -5.92.